The van der Waals surface area contributed by atoms with Crippen LogP contribution in [0, 0.1) is 0 Å². The van der Waals surface area contributed by atoms with Crippen LogP contribution >= 0.6 is 22.9 Å². The Morgan fingerprint density at radius 1 is 1.05 bits per heavy atom. The van der Waals surface area contributed by atoms with Crippen LogP contribution in [-0.4, -0.2) is 0 Å². The largest absolute Gasteiger partial charge is 0.600 e. The molecule has 0 radical (unpaired) electrons. The molecule has 21 heavy (non-hydrogen) atoms. The van der Waals surface area contributed by atoms with Gasteiger partial charge in [0.2, 0.25) is 0 Å². The van der Waals surface area contributed by atoms with Gasteiger partial charge in [-0.1, -0.05) is 26.8 Å². The summed E-state index contributed by atoms with van der Waals surface area (Å²) in [6, 6.07) is 7.38. The molecule has 0 amide bonds. The molecule has 1 unspecified atom stereocenters. The molecule has 2 aromatic rings. The lowest BCUT2D eigenvalue weighted by atomic mass is 9.87. The molecule has 1 saturated carbocycles. The normalized spacial score (nSPS) is 17.0. The number of benzene rings is 1. The Balaban J connectivity index is 0.00000161. The van der Waals surface area contributed by atoms with E-state index in [1.165, 1.54) is 0 Å². The van der Waals surface area contributed by atoms with E-state index >= 15 is 0 Å². The summed E-state index contributed by atoms with van der Waals surface area (Å²) in [5.41, 5.74) is -3.31. The molecule has 1 aromatic heterocycles. The van der Waals surface area contributed by atoms with Crippen molar-refractivity contribution < 1.29 is 13.2 Å². The van der Waals surface area contributed by atoms with Crippen LogP contribution in [0.25, 0.3) is 10.1 Å². The molecule has 1 heterocycles. The Morgan fingerprint density at radius 3 is 2.14 bits per heavy atom. The number of alkyl halides is 3. The number of hydrogen-bond donors (Lipinski definition) is 0. The molecule has 0 N–H and O–H groups in total. The van der Waals surface area contributed by atoms with E-state index in [1.54, 1.807) is 12.1 Å². The molecule has 1 fully saturated rings. The Kier molecular flexibility index (Phi) is 4.09. The first-order chi connectivity index (χ1) is 9.18. The molecule has 0 spiro atoms. The Bertz CT molecular complexity index is 660. The van der Waals surface area contributed by atoms with Crippen molar-refractivity contribution >= 4 is 33.0 Å². The van der Waals surface area contributed by atoms with Gasteiger partial charge in [-0.3, -0.25) is 0 Å². The maximum absolute atomic E-state index is 13.5. The smallest absolute Gasteiger partial charge is 0.147 e. The Morgan fingerprint density at radius 2 is 1.67 bits per heavy atom. The van der Waals surface area contributed by atoms with E-state index in [2.05, 4.69) is 0 Å². The van der Waals surface area contributed by atoms with Gasteiger partial charge in [-0.15, -0.1) is 25.6 Å². The predicted molar refractivity (Wildman–Crippen MR) is 85.6 cm³/mol. The zero-order valence-electron chi connectivity index (χ0n) is 12.3. The van der Waals surface area contributed by atoms with Gasteiger partial charge in [-0.2, -0.15) is 0 Å². The average Bonchev–Trinajstić information content (AvgIpc) is 3.05. The number of rotatable bonds is 1. The summed E-state index contributed by atoms with van der Waals surface area (Å²) in [4.78, 5) is 0.610. The molecule has 0 bridgehead atoms. The third kappa shape index (κ3) is 3.07. The maximum atomic E-state index is 13.5. The van der Waals surface area contributed by atoms with Gasteiger partial charge in [-0.25, -0.2) is 0 Å². The highest BCUT2D eigenvalue weighted by Crippen LogP contribution is 2.58. The second-order valence-electron chi connectivity index (χ2n) is 6.58. The Labute approximate surface area is 131 Å². The van der Waals surface area contributed by atoms with Gasteiger partial charge in [-0.05, 0) is 29.9 Å². The third-order valence-corrected chi connectivity index (χ3v) is 6.02. The maximum Gasteiger partial charge on any atom is 0.600 e. The lowest BCUT2D eigenvalue weighted by Gasteiger charge is -2.18. The first-order valence-electron chi connectivity index (χ1n) is 6.85. The van der Waals surface area contributed by atoms with Crippen LogP contribution in [0.3, 0.4) is 0 Å². The highest BCUT2D eigenvalue weighted by molar-refractivity contribution is 7.38. The van der Waals surface area contributed by atoms with Crippen LogP contribution in [0.15, 0.2) is 24.3 Å². The van der Waals surface area contributed by atoms with Crippen LogP contribution in [0.4, 0.5) is 13.2 Å². The highest BCUT2D eigenvalue weighted by atomic mass is 35.5. The summed E-state index contributed by atoms with van der Waals surface area (Å²) in [6.07, 6.45) is 1.82. The number of hydrogen-bond acceptors (Lipinski definition) is 0. The third-order valence-electron chi connectivity index (χ3n) is 3.84. The minimum atomic E-state index is -4.16. The first kappa shape index (κ1) is 16.6. The molecular formula is C16H19ClF3S+. The minimum absolute atomic E-state index is 0. The Hall–Kier alpha value is -0.740. The van der Waals surface area contributed by atoms with Crippen molar-refractivity contribution in [2.75, 3.05) is 0 Å². The van der Waals surface area contributed by atoms with E-state index in [1.807, 2.05) is 32.9 Å². The zero-order valence-corrected chi connectivity index (χ0v) is 13.9. The summed E-state index contributed by atoms with van der Waals surface area (Å²) < 4.78 is 40.9. The van der Waals surface area contributed by atoms with Gasteiger partial charge < -0.3 is 0 Å². The van der Waals surface area contributed by atoms with Gasteiger partial charge in [0, 0.05) is 23.4 Å². The minimum Gasteiger partial charge on any atom is -0.147 e. The van der Waals surface area contributed by atoms with Gasteiger partial charge >= 0.3 is 5.51 Å². The topological polar surface area (TPSA) is 0 Å². The second kappa shape index (κ2) is 5.17. The van der Waals surface area contributed by atoms with E-state index < -0.39 is 16.0 Å². The molecule has 1 aliphatic rings. The van der Waals surface area contributed by atoms with Crippen molar-refractivity contribution in [3.05, 3.63) is 34.7 Å². The predicted octanol–water partition coefficient (Wildman–Crippen LogP) is 6.66. The lowest BCUT2D eigenvalue weighted by molar-refractivity contribution is -0.0867. The highest BCUT2D eigenvalue weighted by Gasteiger charge is 2.51. The number of fused-ring (bicyclic) bond motifs is 1. The van der Waals surface area contributed by atoms with Crippen LogP contribution in [0.5, 0.6) is 0 Å². The standard InChI is InChI=1S/C16H18F3S.ClH/c1-15(2,3)12-7-6-11-8-13(10-4-5-10)20(14(11)9-12)16(17,18)19;/h6-10H,4-5H2,1-3H3;1H/q+1;. The fourth-order valence-corrected chi connectivity index (χ4v) is 4.74. The number of halogens is 4. The molecule has 0 aliphatic heterocycles. The van der Waals surface area contributed by atoms with Gasteiger partial charge in [0.15, 0.2) is 9.58 Å². The lowest BCUT2D eigenvalue weighted by Crippen LogP contribution is -2.10. The number of thiophene rings is 1. The van der Waals surface area contributed by atoms with Gasteiger partial charge in [0.25, 0.3) is 0 Å². The molecule has 3 rings (SSSR count). The molecule has 1 aromatic carbocycles. The quantitative estimate of drug-likeness (QED) is 0.511. The molecule has 0 nitrogen and oxygen atoms in total. The summed E-state index contributed by atoms with van der Waals surface area (Å²) in [6.45, 7) is 6.10. The molecule has 5 heteroatoms. The molecule has 0 saturated heterocycles. The van der Waals surface area contributed by atoms with Crippen molar-refractivity contribution in [2.24, 2.45) is 0 Å². The van der Waals surface area contributed by atoms with Crippen LogP contribution in [0.2, 0.25) is 0 Å². The fraction of sp³-hybridized carbons (Fsp3) is 0.500. The van der Waals surface area contributed by atoms with Crippen molar-refractivity contribution in [3.8, 4) is 0 Å². The average molecular weight is 336 g/mol. The van der Waals surface area contributed by atoms with Crippen molar-refractivity contribution in [3.63, 3.8) is 0 Å². The van der Waals surface area contributed by atoms with Crippen LogP contribution < -0.4 is 0 Å². The summed E-state index contributed by atoms with van der Waals surface area (Å²) in [5, 5.41) is 0.764. The van der Waals surface area contributed by atoms with Crippen molar-refractivity contribution in [2.45, 2.75) is 50.5 Å². The zero-order chi connectivity index (χ0) is 14.7. The first-order valence-corrected chi connectivity index (χ1v) is 8.07. The summed E-state index contributed by atoms with van der Waals surface area (Å²) in [5.74, 6) is 0.158. The molecular weight excluding hydrogens is 317 g/mol. The second-order valence-corrected chi connectivity index (χ2v) is 8.56. The van der Waals surface area contributed by atoms with E-state index in [4.69, 9.17) is 0 Å². The molecule has 116 valence electrons. The van der Waals surface area contributed by atoms with Gasteiger partial charge in [0.1, 0.15) is 0 Å². The van der Waals surface area contributed by atoms with E-state index in [-0.39, 0.29) is 23.7 Å². The van der Waals surface area contributed by atoms with E-state index in [0.29, 0.717) is 9.58 Å². The van der Waals surface area contributed by atoms with Crippen molar-refractivity contribution in [1.29, 1.82) is 0 Å². The van der Waals surface area contributed by atoms with E-state index in [0.717, 1.165) is 23.8 Å². The monoisotopic (exact) mass is 335 g/mol. The van der Waals surface area contributed by atoms with Crippen LogP contribution in [0.1, 0.15) is 50.0 Å². The summed E-state index contributed by atoms with van der Waals surface area (Å²) in [7, 11) is -1.71. The summed E-state index contributed by atoms with van der Waals surface area (Å²) >= 11 is 0. The fourth-order valence-electron chi connectivity index (χ4n) is 2.55. The molecule has 1 atom stereocenters. The SMILES string of the molecule is CC(C)(C)c1ccc2cc(C3CC3)[s+](C(F)(F)F)c2c1.Cl. The van der Waals surface area contributed by atoms with Crippen molar-refractivity contribution in [1.82, 2.24) is 0 Å². The van der Waals surface area contributed by atoms with E-state index in [9.17, 15) is 13.2 Å². The van der Waals surface area contributed by atoms with Crippen LogP contribution in [-0.2, 0) is 10.9 Å². The van der Waals surface area contributed by atoms with Gasteiger partial charge in [0.05, 0.1) is 10.5 Å². The molecule has 1 aliphatic carbocycles.